The molecule has 1 atom stereocenters. The lowest BCUT2D eigenvalue weighted by atomic mass is 10.3. The van der Waals surface area contributed by atoms with Gasteiger partial charge in [-0.2, -0.15) is 18.2 Å². The van der Waals surface area contributed by atoms with E-state index in [9.17, 15) is 22.0 Å². The lowest BCUT2D eigenvalue weighted by molar-refractivity contribution is -0.141. The Kier molecular flexibility index (Phi) is 5.17. The van der Waals surface area contributed by atoms with Crippen LogP contribution < -0.4 is 10.6 Å². The maximum Gasteiger partial charge on any atom is 0.433 e. The Bertz CT molecular complexity index is 703. The van der Waals surface area contributed by atoms with E-state index in [2.05, 4.69) is 20.6 Å². The van der Waals surface area contributed by atoms with E-state index in [1.165, 1.54) is 6.92 Å². The van der Waals surface area contributed by atoms with E-state index in [0.717, 1.165) is 18.2 Å². The molecule has 0 fully saturated rings. The molecular weight excluding hydrogens is 335 g/mol. The number of nitrogens with one attached hydrogen (secondary N) is 2. The molecule has 1 aromatic heterocycles. The van der Waals surface area contributed by atoms with E-state index < -0.39 is 47.0 Å². The third-order valence-corrected chi connectivity index (χ3v) is 2.88. The van der Waals surface area contributed by atoms with Crippen LogP contribution >= 0.6 is 0 Å². The first kappa shape index (κ1) is 17.9. The molecule has 130 valence electrons. The fraction of sp³-hybridized carbons (Fsp3) is 0.286. The zero-order valence-electron chi connectivity index (χ0n) is 12.3. The molecule has 24 heavy (non-hydrogen) atoms. The fourth-order valence-corrected chi connectivity index (χ4v) is 1.73. The molecule has 0 spiro atoms. The van der Waals surface area contributed by atoms with Crippen LogP contribution in [0.25, 0.3) is 0 Å². The summed E-state index contributed by atoms with van der Waals surface area (Å²) in [6, 6.07) is 2.92. The van der Waals surface area contributed by atoms with E-state index in [4.69, 9.17) is 5.11 Å². The predicted molar refractivity (Wildman–Crippen MR) is 76.8 cm³/mol. The van der Waals surface area contributed by atoms with Crippen molar-refractivity contribution in [3.63, 3.8) is 0 Å². The van der Waals surface area contributed by atoms with Crippen molar-refractivity contribution in [3.05, 3.63) is 41.6 Å². The third-order valence-electron chi connectivity index (χ3n) is 2.88. The molecular formula is C14H13F5N4O. The van der Waals surface area contributed by atoms with Crippen molar-refractivity contribution in [3.8, 4) is 0 Å². The van der Waals surface area contributed by atoms with Crippen molar-refractivity contribution in [2.75, 3.05) is 17.2 Å². The first-order valence-corrected chi connectivity index (χ1v) is 6.75. The van der Waals surface area contributed by atoms with Gasteiger partial charge in [0.05, 0.1) is 6.61 Å². The Morgan fingerprint density at radius 1 is 1.17 bits per heavy atom. The second-order valence-corrected chi connectivity index (χ2v) is 4.91. The summed E-state index contributed by atoms with van der Waals surface area (Å²) >= 11 is 0. The Morgan fingerprint density at radius 2 is 1.79 bits per heavy atom. The molecule has 5 nitrogen and oxygen atoms in total. The number of halogens is 5. The summed E-state index contributed by atoms with van der Waals surface area (Å²) in [6.07, 6.45) is -4.79. The summed E-state index contributed by atoms with van der Waals surface area (Å²) in [5.41, 5.74) is -1.94. The van der Waals surface area contributed by atoms with Gasteiger partial charge < -0.3 is 15.7 Å². The Hall–Kier alpha value is -2.49. The minimum absolute atomic E-state index is 0.371. The van der Waals surface area contributed by atoms with Crippen LogP contribution in [0.1, 0.15) is 12.6 Å². The van der Waals surface area contributed by atoms with Gasteiger partial charge in [0, 0.05) is 12.1 Å². The molecule has 0 unspecified atom stereocenters. The topological polar surface area (TPSA) is 70.1 Å². The van der Waals surface area contributed by atoms with Gasteiger partial charge in [-0.3, -0.25) is 0 Å². The van der Waals surface area contributed by atoms with E-state index >= 15 is 0 Å². The molecule has 0 aliphatic rings. The van der Waals surface area contributed by atoms with Crippen LogP contribution in [0.15, 0.2) is 24.3 Å². The number of para-hydroxylation sites is 1. The number of aliphatic hydroxyl groups is 1. The number of aromatic nitrogens is 2. The first-order chi connectivity index (χ1) is 11.2. The van der Waals surface area contributed by atoms with Crippen LogP contribution in [0.4, 0.5) is 39.4 Å². The van der Waals surface area contributed by atoms with E-state index in [0.29, 0.717) is 6.07 Å². The minimum atomic E-state index is -4.79. The summed E-state index contributed by atoms with van der Waals surface area (Å²) < 4.78 is 66.0. The van der Waals surface area contributed by atoms with E-state index in [1.54, 1.807) is 0 Å². The van der Waals surface area contributed by atoms with Crippen LogP contribution in [0.5, 0.6) is 0 Å². The number of benzene rings is 1. The van der Waals surface area contributed by atoms with Crippen LogP contribution in [0.2, 0.25) is 0 Å². The second-order valence-electron chi connectivity index (χ2n) is 4.91. The Labute approximate surface area is 133 Å². The monoisotopic (exact) mass is 348 g/mol. The van der Waals surface area contributed by atoms with Gasteiger partial charge in [-0.25, -0.2) is 13.8 Å². The van der Waals surface area contributed by atoms with Crippen LogP contribution in [-0.4, -0.2) is 27.7 Å². The normalized spacial score (nSPS) is 12.8. The average molecular weight is 348 g/mol. The zero-order valence-corrected chi connectivity index (χ0v) is 12.3. The van der Waals surface area contributed by atoms with Crippen molar-refractivity contribution in [2.24, 2.45) is 0 Å². The molecule has 0 saturated carbocycles. The number of hydrogen-bond acceptors (Lipinski definition) is 5. The van der Waals surface area contributed by atoms with Crippen LogP contribution in [0, 0.1) is 11.6 Å². The molecule has 0 aliphatic heterocycles. The summed E-state index contributed by atoms with van der Waals surface area (Å²) in [5, 5.41) is 13.6. The Morgan fingerprint density at radius 3 is 2.33 bits per heavy atom. The van der Waals surface area contributed by atoms with Gasteiger partial charge in [-0.05, 0) is 19.1 Å². The molecule has 0 saturated heterocycles. The number of nitrogens with zero attached hydrogens (tertiary/aromatic N) is 2. The molecule has 0 radical (unpaired) electrons. The highest BCUT2D eigenvalue weighted by atomic mass is 19.4. The summed E-state index contributed by atoms with van der Waals surface area (Å²) in [5.74, 6) is -2.86. The molecule has 0 aliphatic carbocycles. The summed E-state index contributed by atoms with van der Waals surface area (Å²) in [4.78, 5) is 7.03. The first-order valence-electron chi connectivity index (χ1n) is 6.75. The second kappa shape index (κ2) is 6.95. The lowest BCUT2D eigenvalue weighted by Crippen LogP contribution is -2.22. The van der Waals surface area contributed by atoms with E-state index in [-0.39, 0.29) is 6.61 Å². The highest BCUT2D eigenvalue weighted by Crippen LogP contribution is 2.31. The van der Waals surface area contributed by atoms with Crippen LogP contribution in [0.3, 0.4) is 0 Å². The molecule has 2 rings (SSSR count). The number of aliphatic hydroxyl groups excluding tert-OH is 1. The molecule has 10 heteroatoms. The van der Waals surface area contributed by atoms with Gasteiger partial charge in [0.1, 0.15) is 23.1 Å². The largest absolute Gasteiger partial charge is 0.433 e. The Balaban J connectivity index is 2.43. The van der Waals surface area contributed by atoms with Crippen molar-refractivity contribution in [2.45, 2.75) is 19.1 Å². The van der Waals surface area contributed by atoms with E-state index in [1.807, 2.05) is 0 Å². The predicted octanol–water partition coefficient (Wildman–Crippen LogP) is 3.31. The SMILES string of the molecule is C[C@@H](CO)Nc1nc(Nc2c(F)cccc2F)cc(C(F)(F)F)n1. The molecule has 1 heterocycles. The van der Waals surface area contributed by atoms with Gasteiger partial charge >= 0.3 is 6.18 Å². The molecule has 0 amide bonds. The number of rotatable bonds is 5. The highest BCUT2D eigenvalue weighted by molar-refractivity contribution is 5.59. The zero-order chi connectivity index (χ0) is 17.9. The maximum absolute atomic E-state index is 13.6. The van der Waals surface area contributed by atoms with Gasteiger partial charge in [0.2, 0.25) is 5.95 Å². The quantitative estimate of drug-likeness (QED) is 0.724. The van der Waals surface area contributed by atoms with Gasteiger partial charge in [-0.15, -0.1) is 0 Å². The number of hydrogen-bond donors (Lipinski definition) is 3. The molecule has 0 bridgehead atoms. The van der Waals surface area contributed by atoms with Crippen molar-refractivity contribution in [1.82, 2.24) is 9.97 Å². The fourth-order valence-electron chi connectivity index (χ4n) is 1.73. The van der Waals surface area contributed by atoms with Crippen molar-refractivity contribution in [1.29, 1.82) is 0 Å². The average Bonchev–Trinajstić information content (AvgIpc) is 2.50. The number of anilines is 3. The van der Waals surface area contributed by atoms with Gasteiger partial charge in [0.25, 0.3) is 0 Å². The highest BCUT2D eigenvalue weighted by Gasteiger charge is 2.34. The van der Waals surface area contributed by atoms with Crippen LogP contribution in [-0.2, 0) is 6.18 Å². The molecule has 1 aromatic carbocycles. The van der Waals surface area contributed by atoms with Crippen molar-refractivity contribution < 1.29 is 27.1 Å². The smallest absolute Gasteiger partial charge is 0.394 e. The lowest BCUT2D eigenvalue weighted by Gasteiger charge is -2.15. The van der Waals surface area contributed by atoms with Crippen molar-refractivity contribution >= 4 is 17.5 Å². The van der Waals surface area contributed by atoms with Gasteiger partial charge in [0.15, 0.2) is 5.69 Å². The molecule has 2 aromatic rings. The number of alkyl halides is 3. The minimum Gasteiger partial charge on any atom is -0.394 e. The van der Waals surface area contributed by atoms with Gasteiger partial charge in [-0.1, -0.05) is 6.07 Å². The summed E-state index contributed by atoms with van der Waals surface area (Å²) in [7, 11) is 0. The molecule has 3 N–H and O–H groups in total. The standard InChI is InChI=1S/C14H13F5N4O/c1-7(6-24)20-13-21-10(14(17,18)19)5-11(23-13)22-12-8(15)3-2-4-9(12)16/h2-5,7,24H,6H2,1H3,(H2,20,21,22,23)/t7-/m0/s1. The maximum atomic E-state index is 13.6. The summed E-state index contributed by atoms with van der Waals surface area (Å²) in [6.45, 7) is 1.12. The third kappa shape index (κ3) is 4.28.